The first-order chi connectivity index (χ1) is 7.47. The van der Waals surface area contributed by atoms with E-state index in [2.05, 4.69) is 14.5 Å². The molecule has 0 N–H and O–H groups in total. The molecule has 0 aromatic carbocycles. The van der Waals surface area contributed by atoms with E-state index in [-0.39, 0.29) is 0 Å². The molecule has 17 heavy (non-hydrogen) atoms. The highest BCUT2D eigenvalue weighted by Crippen LogP contribution is 2.19. The Balaban J connectivity index is 5.08. The number of aliphatic imine (C=N–C) groups is 1. The summed E-state index contributed by atoms with van der Waals surface area (Å²) in [6, 6.07) is 0. The Morgan fingerprint density at radius 3 is 1.88 bits per heavy atom. The highest BCUT2D eigenvalue weighted by Gasteiger charge is 2.43. The molecule has 0 rings (SSSR count). The molecular weight excluding hydrogens is 243 g/mol. The molecule has 0 atom stereocenters. The van der Waals surface area contributed by atoms with E-state index in [0.717, 1.165) is 7.11 Å². The summed E-state index contributed by atoms with van der Waals surface area (Å²) in [6.07, 6.45) is -6.58. The third kappa shape index (κ3) is 5.88. The topological polar surface area (TPSA) is 65.0 Å². The second-order valence-corrected chi connectivity index (χ2v) is 3.93. The predicted octanol–water partition coefficient (Wildman–Crippen LogP) is 2.10. The second kappa shape index (κ2) is 5.15. The fourth-order valence-electron chi connectivity index (χ4n) is 0.697. The van der Waals surface area contributed by atoms with E-state index in [4.69, 9.17) is 0 Å². The molecule has 0 aliphatic heterocycles. The molecule has 0 bridgehead atoms. The summed E-state index contributed by atoms with van der Waals surface area (Å²) in [5.41, 5.74) is -2.96. The van der Waals surface area contributed by atoms with Crippen LogP contribution >= 0.6 is 0 Å². The van der Waals surface area contributed by atoms with Crippen LogP contribution in [0.4, 0.5) is 18.0 Å². The number of ether oxygens (including phenoxy) is 2. The van der Waals surface area contributed by atoms with Crippen LogP contribution in [0, 0.1) is 0 Å². The molecule has 0 aliphatic carbocycles. The second-order valence-electron chi connectivity index (χ2n) is 3.93. The summed E-state index contributed by atoms with van der Waals surface area (Å²) >= 11 is 0. The molecule has 0 heterocycles. The van der Waals surface area contributed by atoms with Gasteiger partial charge in [0.2, 0.25) is 5.71 Å². The lowest BCUT2D eigenvalue weighted by Crippen LogP contribution is -2.34. The molecule has 0 aromatic rings. The molecule has 0 fully saturated rings. The van der Waals surface area contributed by atoms with Crippen LogP contribution in [0.15, 0.2) is 4.99 Å². The van der Waals surface area contributed by atoms with Crippen molar-refractivity contribution in [1.82, 2.24) is 0 Å². The maximum atomic E-state index is 12.3. The van der Waals surface area contributed by atoms with Gasteiger partial charge in [0.05, 0.1) is 7.11 Å². The summed E-state index contributed by atoms with van der Waals surface area (Å²) in [6.45, 7) is 4.35. The Hall–Kier alpha value is -1.60. The normalized spacial score (nSPS) is 13.2. The average molecular weight is 255 g/mol. The van der Waals surface area contributed by atoms with Gasteiger partial charge in [0.25, 0.3) is 0 Å². The van der Waals surface area contributed by atoms with Gasteiger partial charge in [0, 0.05) is 0 Å². The molecule has 5 nitrogen and oxygen atoms in total. The van der Waals surface area contributed by atoms with E-state index < -0.39 is 29.6 Å². The zero-order valence-electron chi connectivity index (χ0n) is 9.71. The van der Waals surface area contributed by atoms with Crippen LogP contribution in [-0.2, 0) is 14.3 Å². The van der Waals surface area contributed by atoms with Gasteiger partial charge < -0.3 is 9.47 Å². The number of alkyl halides is 3. The van der Waals surface area contributed by atoms with Crippen LogP contribution in [0.2, 0.25) is 0 Å². The number of carbonyl (C=O) groups excluding carboxylic acids is 2. The Morgan fingerprint density at radius 2 is 1.59 bits per heavy atom. The number of rotatable bonds is 1. The molecule has 8 heteroatoms. The number of methoxy groups -OCH3 is 1. The van der Waals surface area contributed by atoms with Crippen molar-refractivity contribution in [1.29, 1.82) is 0 Å². The summed E-state index contributed by atoms with van der Waals surface area (Å²) < 4.78 is 45.3. The molecular formula is C9H12F3NO4. The fraction of sp³-hybridized carbons (Fsp3) is 0.667. The van der Waals surface area contributed by atoms with Crippen molar-refractivity contribution < 1.29 is 32.2 Å². The minimum atomic E-state index is -5.08. The van der Waals surface area contributed by atoms with Crippen molar-refractivity contribution >= 4 is 17.8 Å². The smallest absolute Gasteiger partial charge is 0.440 e. The van der Waals surface area contributed by atoms with Crippen molar-refractivity contribution in [2.45, 2.75) is 32.5 Å². The average Bonchev–Trinajstić information content (AvgIpc) is 2.08. The number of hydrogen-bond acceptors (Lipinski definition) is 4. The minimum Gasteiger partial charge on any atom is -0.464 e. The number of halogens is 3. The third-order valence-corrected chi connectivity index (χ3v) is 1.24. The molecule has 98 valence electrons. The molecule has 0 saturated carbocycles. The monoisotopic (exact) mass is 255 g/mol. The first kappa shape index (κ1) is 15.4. The standard InChI is InChI=1S/C9H12F3NO4/c1-8(2,3)17-7(15)13-5(6(14)16-4)9(10,11)12/h1-4H3/b13-5-. The van der Waals surface area contributed by atoms with Gasteiger partial charge in [-0.05, 0) is 20.8 Å². The lowest BCUT2D eigenvalue weighted by molar-refractivity contribution is -0.137. The van der Waals surface area contributed by atoms with Crippen molar-refractivity contribution in [3.8, 4) is 0 Å². The van der Waals surface area contributed by atoms with Crippen LogP contribution in [0.25, 0.3) is 0 Å². The Labute approximate surface area is 95.6 Å². The van der Waals surface area contributed by atoms with E-state index in [9.17, 15) is 22.8 Å². The number of hydrogen-bond donors (Lipinski definition) is 0. The van der Waals surface area contributed by atoms with Crippen molar-refractivity contribution in [3.05, 3.63) is 0 Å². The molecule has 0 aliphatic rings. The molecule has 0 saturated heterocycles. The Kier molecular flexibility index (Phi) is 4.67. The number of esters is 1. The van der Waals surface area contributed by atoms with Crippen LogP contribution < -0.4 is 0 Å². The molecule has 0 aromatic heterocycles. The SMILES string of the molecule is COC(=O)/C(=N/C(=O)OC(C)(C)C)C(F)(F)F. The number of amides is 1. The van der Waals surface area contributed by atoms with Gasteiger partial charge in [0.15, 0.2) is 0 Å². The van der Waals surface area contributed by atoms with Gasteiger partial charge in [-0.3, -0.25) is 0 Å². The lowest BCUT2D eigenvalue weighted by atomic mass is 10.2. The molecule has 0 unspecified atom stereocenters. The maximum absolute atomic E-state index is 12.3. The first-order valence-electron chi connectivity index (χ1n) is 4.44. The van der Waals surface area contributed by atoms with E-state index in [0.29, 0.717) is 0 Å². The van der Waals surface area contributed by atoms with Crippen LogP contribution in [-0.4, -0.2) is 36.7 Å². The fourth-order valence-corrected chi connectivity index (χ4v) is 0.697. The predicted molar refractivity (Wildman–Crippen MR) is 51.7 cm³/mol. The highest BCUT2D eigenvalue weighted by atomic mass is 19.4. The third-order valence-electron chi connectivity index (χ3n) is 1.24. The van der Waals surface area contributed by atoms with Gasteiger partial charge in [-0.25, -0.2) is 9.59 Å². The number of carbonyl (C=O) groups is 2. The van der Waals surface area contributed by atoms with E-state index in [1.54, 1.807) is 0 Å². The van der Waals surface area contributed by atoms with Crippen molar-refractivity contribution in [2.24, 2.45) is 4.99 Å². The quantitative estimate of drug-likeness (QED) is 0.531. The zero-order valence-corrected chi connectivity index (χ0v) is 9.71. The molecule has 0 spiro atoms. The maximum Gasteiger partial charge on any atom is 0.440 e. The summed E-state index contributed by atoms with van der Waals surface area (Å²) in [7, 11) is 0.749. The largest absolute Gasteiger partial charge is 0.464 e. The van der Waals surface area contributed by atoms with Crippen molar-refractivity contribution in [2.75, 3.05) is 7.11 Å². The van der Waals surface area contributed by atoms with Gasteiger partial charge in [-0.1, -0.05) is 0 Å². The van der Waals surface area contributed by atoms with Crippen molar-refractivity contribution in [3.63, 3.8) is 0 Å². The highest BCUT2D eigenvalue weighted by molar-refractivity contribution is 6.40. The van der Waals surface area contributed by atoms with Gasteiger partial charge in [0.1, 0.15) is 5.60 Å². The molecule has 0 radical (unpaired) electrons. The summed E-state index contributed by atoms with van der Waals surface area (Å²) in [5.74, 6) is -1.75. The van der Waals surface area contributed by atoms with Gasteiger partial charge in [-0.15, -0.1) is 0 Å². The van der Waals surface area contributed by atoms with Crippen LogP contribution in [0.3, 0.4) is 0 Å². The summed E-state index contributed by atoms with van der Waals surface area (Å²) in [5, 5.41) is 0. The minimum absolute atomic E-state index is 0.749. The Bertz CT molecular complexity index is 341. The van der Waals surface area contributed by atoms with Crippen LogP contribution in [0.1, 0.15) is 20.8 Å². The summed E-state index contributed by atoms with van der Waals surface area (Å²) in [4.78, 5) is 24.4. The first-order valence-corrected chi connectivity index (χ1v) is 4.44. The number of nitrogens with zero attached hydrogens (tertiary/aromatic N) is 1. The molecule has 1 amide bonds. The van der Waals surface area contributed by atoms with Gasteiger partial charge >= 0.3 is 18.2 Å². The lowest BCUT2D eigenvalue weighted by Gasteiger charge is -2.17. The van der Waals surface area contributed by atoms with E-state index in [1.165, 1.54) is 20.8 Å². The van der Waals surface area contributed by atoms with Gasteiger partial charge in [-0.2, -0.15) is 18.2 Å². The van der Waals surface area contributed by atoms with E-state index in [1.807, 2.05) is 0 Å². The Morgan fingerprint density at radius 1 is 1.12 bits per heavy atom. The van der Waals surface area contributed by atoms with Crippen LogP contribution in [0.5, 0.6) is 0 Å². The zero-order chi connectivity index (χ0) is 13.9. The van der Waals surface area contributed by atoms with E-state index >= 15 is 0 Å².